The van der Waals surface area contributed by atoms with E-state index in [0.717, 1.165) is 17.7 Å². The van der Waals surface area contributed by atoms with Crippen LogP contribution < -0.4 is 21.1 Å². The predicted molar refractivity (Wildman–Crippen MR) is 142 cm³/mol. The summed E-state index contributed by atoms with van der Waals surface area (Å²) < 4.78 is 47.1. The van der Waals surface area contributed by atoms with Crippen molar-refractivity contribution in [2.45, 2.75) is 6.18 Å². The minimum absolute atomic E-state index is 0.00406. The van der Waals surface area contributed by atoms with Gasteiger partial charge in [-0.1, -0.05) is 23.7 Å². The molecule has 3 aromatic heterocycles. The highest BCUT2D eigenvalue weighted by Crippen LogP contribution is 2.33. The number of carbonyl (C=O) groups is 1. The molecule has 14 heteroatoms. The number of nitrogen functional groups attached to an aromatic ring is 1. The maximum absolute atomic E-state index is 13.4. The molecule has 5 aromatic rings. The van der Waals surface area contributed by atoms with Crippen LogP contribution in [-0.2, 0) is 6.18 Å². The highest BCUT2D eigenvalue weighted by Gasteiger charge is 2.31. The number of rotatable bonds is 6. The summed E-state index contributed by atoms with van der Waals surface area (Å²) in [6, 6.07) is 12.5. The number of amides is 2. The van der Waals surface area contributed by atoms with Crippen LogP contribution in [0.3, 0.4) is 0 Å². The second kappa shape index (κ2) is 10.9. The molecule has 40 heavy (non-hydrogen) atoms. The summed E-state index contributed by atoms with van der Waals surface area (Å²) >= 11 is 6.00. The number of hydrogen-bond acceptors (Lipinski definition) is 7. The topological polar surface area (TPSA) is 133 Å². The van der Waals surface area contributed by atoms with Gasteiger partial charge in [0.05, 0.1) is 34.4 Å². The molecular weight excluding hydrogens is 549 g/mol. The molecule has 0 unspecified atom stereocenters. The molecule has 0 fully saturated rings. The van der Waals surface area contributed by atoms with Crippen LogP contribution in [-0.4, -0.2) is 30.8 Å². The van der Waals surface area contributed by atoms with Crippen molar-refractivity contribution in [1.82, 2.24) is 24.7 Å². The first-order chi connectivity index (χ1) is 19.1. The summed E-state index contributed by atoms with van der Waals surface area (Å²) in [4.78, 5) is 24.6. The predicted octanol–water partition coefficient (Wildman–Crippen LogP) is 6.42. The van der Waals surface area contributed by atoms with Gasteiger partial charge in [0, 0.05) is 29.8 Å². The van der Waals surface area contributed by atoms with Gasteiger partial charge in [0.2, 0.25) is 0 Å². The lowest BCUT2D eigenvalue weighted by molar-refractivity contribution is -0.137. The lowest BCUT2D eigenvalue weighted by atomic mass is 10.1. The van der Waals surface area contributed by atoms with E-state index in [-0.39, 0.29) is 23.1 Å². The van der Waals surface area contributed by atoms with Crippen LogP contribution in [0.5, 0.6) is 11.8 Å². The van der Waals surface area contributed by atoms with Crippen molar-refractivity contribution in [3.05, 3.63) is 96.2 Å². The number of urea groups is 1. The van der Waals surface area contributed by atoms with E-state index < -0.39 is 17.8 Å². The number of nitrogens with one attached hydrogen (secondary N) is 2. The Labute approximate surface area is 229 Å². The van der Waals surface area contributed by atoms with Crippen molar-refractivity contribution in [3.63, 3.8) is 0 Å². The third-order valence-corrected chi connectivity index (χ3v) is 5.62. The average molecular weight is 567 g/mol. The van der Waals surface area contributed by atoms with Gasteiger partial charge in [-0.2, -0.15) is 18.3 Å². The third kappa shape index (κ3) is 6.27. The molecule has 0 saturated carbocycles. The highest BCUT2D eigenvalue weighted by molar-refractivity contribution is 6.30. The molecule has 2 amide bonds. The first-order valence-corrected chi connectivity index (χ1v) is 11.8. The molecule has 0 aliphatic carbocycles. The van der Waals surface area contributed by atoms with Crippen LogP contribution in [0, 0.1) is 0 Å². The van der Waals surface area contributed by atoms with Crippen LogP contribution in [0.15, 0.2) is 85.6 Å². The fraction of sp³-hybridized carbons (Fsp3) is 0.0385. The number of nitrogens with two attached hydrogens (primary N) is 1. The number of halogens is 4. The number of carbonyl (C=O) groups excluding carboxylic acids is 1. The second-order valence-electron chi connectivity index (χ2n) is 8.26. The Morgan fingerprint density at radius 2 is 1.68 bits per heavy atom. The number of nitrogens with zero attached hydrogens (tertiary/aromatic N) is 5. The minimum Gasteiger partial charge on any atom is -0.424 e. The molecule has 0 radical (unpaired) electrons. The molecule has 4 N–H and O–H groups in total. The van der Waals surface area contributed by atoms with Gasteiger partial charge < -0.3 is 21.1 Å². The van der Waals surface area contributed by atoms with Crippen LogP contribution in [0.25, 0.3) is 16.8 Å². The van der Waals surface area contributed by atoms with E-state index in [1.165, 1.54) is 41.7 Å². The number of anilines is 3. The van der Waals surface area contributed by atoms with Crippen molar-refractivity contribution < 1.29 is 22.7 Å². The number of benzene rings is 2. The minimum atomic E-state index is -4.63. The monoisotopic (exact) mass is 566 g/mol. The largest absolute Gasteiger partial charge is 0.424 e. The van der Waals surface area contributed by atoms with E-state index >= 15 is 0 Å². The lowest BCUT2D eigenvalue weighted by Crippen LogP contribution is -2.20. The van der Waals surface area contributed by atoms with E-state index in [1.54, 1.807) is 36.4 Å². The zero-order valence-electron chi connectivity index (χ0n) is 20.2. The normalized spacial score (nSPS) is 11.2. The third-order valence-electron chi connectivity index (χ3n) is 5.42. The van der Waals surface area contributed by atoms with Crippen LogP contribution >= 0.6 is 11.6 Å². The summed E-state index contributed by atoms with van der Waals surface area (Å²) in [6.45, 7) is 0. The van der Waals surface area contributed by atoms with Gasteiger partial charge in [-0.15, -0.1) is 0 Å². The first-order valence-electron chi connectivity index (χ1n) is 11.5. The Hall–Kier alpha value is -5.17. The van der Waals surface area contributed by atoms with Crippen LogP contribution in [0.1, 0.15) is 5.56 Å². The van der Waals surface area contributed by atoms with E-state index in [0.29, 0.717) is 22.2 Å². The Kier molecular flexibility index (Phi) is 7.21. The molecule has 0 bridgehead atoms. The van der Waals surface area contributed by atoms with Crippen LogP contribution in [0.4, 0.5) is 35.2 Å². The standard InChI is InChI=1S/C26H18ClF3N8O2/c27-17-10-22(23(31)32-12-17)15-2-4-21(5-3-15)40-25-33-13-19(14-34-25)37-24(39)36-18-8-16(26(28,29)30)9-20(11-18)38-7-1-6-35-38/h1-14H,(H2,31,32)(H2,36,37,39). The fourth-order valence-electron chi connectivity index (χ4n) is 3.62. The van der Waals surface area contributed by atoms with E-state index in [1.807, 2.05) is 0 Å². The fourth-order valence-corrected chi connectivity index (χ4v) is 3.77. The number of pyridine rings is 1. The van der Waals surface area contributed by atoms with E-state index in [4.69, 9.17) is 22.1 Å². The number of ether oxygens (including phenoxy) is 1. The molecule has 0 saturated heterocycles. The Morgan fingerprint density at radius 3 is 2.35 bits per heavy atom. The smallest absolute Gasteiger partial charge is 0.416 e. The van der Waals surface area contributed by atoms with Crippen LogP contribution in [0.2, 0.25) is 5.02 Å². The van der Waals surface area contributed by atoms with E-state index in [2.05, 4.69) is 30.7 Å². The average Bonchev–Trinajstić information content (AvgIpc) is 3.46. The molecular formula is C26H18ClF3N8O2. The van der Waals surface area contributed by atoms with Gasteiger partial charge in [0.1, 0.15) is 11.6 Å². The van der Waals surface area contributed by atoms with Crippen molar-refractivity contribution in [3.8, 4) is 28.6 Å². The highest BCUT2D eigenvalue weighted by atomic mass is 35.5. The van der Waals surface area contributed by atoms with Crippen molar-refractivity contribution in [2.75, 3.05) is 16.4 Å². The molecule has 2 aromatic carbocycles. The van der Waals surface area contributed by atoms with Gasteiger partial charge in [0.15, 0.2) is 0 Å². The quantitative estimate of drug-likeness (QED) is 0.216. The van der Waals surface area contributed by atoms with E-state index in [9.17, 15) is 18.0 Å². The molecule has 10 nitrogen and oxygen atoms in total. The van der Waals surface area contributed by atoms with Gasteiger partial charge in [0.25, 0.3) is 0 Å². The SMILES string of the molecule is Nc1ncc(Cl)cc1-c1ccc(Oc2ncc(NC(=O)Nc3cc(-n4cccn4)cc(C(F)(F)F)c3)cn2)cc1. The first kappa shape index (κ1) is 26.4. The molecule has 3 heterocycles. The van der Waals surface area contributed by atoms with Crippen molar-refractivity contribution >= 4 is 34.8 Å². The second-order valence-corrected chi connectivity index (χ2v) is 8.70. The maximum Gasteiger partial charge on any atom is 0.416 e. The van der Waals surface area contributed by atoms with Gasteiger partial charge in [-0.3, -0.25) is 0 Å². The molecule has 202 valence electrons. The summed E-state index contributed by atoms with van der Waals surface area (Å²) in [5.74, 6) is 0.772. The summed E-state index contributed by atoms with van der Waals surface area (Å²) in [6.07, 6.45) is 2.33. The van der Waals surface area contributed by atoms with Crippen molar-refractivity contribution in [1.29, 1.82) is 0 Å². The number of hydrogen-bond donors (Lipinski definition) is 3. The molecule has 0 spiro atoms. The summed E-state index contributed by atoms with van der Waals surface area (Å²) in [5, 5.41) is 9.25. The Morgan fingerprint density at radius 1 is 0.950 bits per heavy atom. The Bertz CT molecular complexity index is 1640. The molecule has 0 atom stereocenters. The van der Waals surface area contributed by atoms with Gasteiger partial charge >= 0.3 is 18.2 Å². The zero-order valence-corrected chi connectivity index (χ0v) is 21.0. The van der Waals surface area contributed by atoms with Gasteiger partial charge in [-0.25, -0.2) is 24.4 Å². The van der Waals surface area contributed by atoms with Gasteiger partial charge in [-0.05, 0) is 48.0 Å². The Balaban J connectivity index is 1.23. The molecule has 0 aliphatic rings. The molecule has 5 rings (SSSR count). The molecule has 0 aliphatic heterocycles. The zero-order chi connectivity index (χ0) is 28.3. The number of alkyl halides is 3. The van der Waals surface area contributed by atoms with Crippen molar-refractivity contribution in [2.24, 2.45) is 0 Å². The summed E-state index contributed by atoms with van der Waals surface area (Å²) in [7, 11) is 0. The summed E-state index contributed by atoms with van der Waals surface area (Å²) in [5.41, 5.74) is 6.66. The maximum atomic E-state index is 13.4. The lowest BCUT2D eigenvalue weighted by Gasteiger charge is -2.13. The number of aromatic nitrogens is 5.